The Balaban J connectivity index is 2.49. The van der Waals surface area contributed by atoms with Gasteiger partial charge in [0, 0.05) is 5.39 Å². The molecule has 106 valence electrons. The number of nitrogens with zero attached hydrogens (tertiary/aromatic N) is 2. The molecule has 0 fully saturated rings. The number of esters is 1. The summed E-state index contributed by atoms with van der Waals surface area (Å²) in [5.41, 5.74) is 0.637. The minimum absolute atomic E-state index is 0.0915. The number of aromatic nitrogens is 2. The van der Waals surface area contributed by atoms with E-state index in [4.69, 9.17) is 4.74 Å². The van der Waals surface area contributed by atoms with Crippen LogP contribution in [0.15, 0.2) is 24.3 Å². The van der Waals surface area contributed by atoms with Crippen LogP contribution in [0.1, 0.15) is 17.4 Å². The monoisotopic (exact) mass is 281 g/mol. The summed E-state index contributed by atoms with van der Waals surface area (Å²) in [6, 6.07) is 6.84. The molecule has 1 N–H and O–H groups in total. The molecule has 20 heavy (non-hydrogen) atoms. The highest BCUT2D eigenvalue weighted by Gasteiger charge is 2.19. The normalized spacial score (nSPS) is 10.8. The van der Waals surface area contributed by atoms with Crippen molar-refractivity contribution in [1.29, 1.82) is 0 Å². The molecule has 2 aromatic rings. The molecular weight excluding hydrogens is 268 g/mol. The van der Waals surface area contributed by atoms with Gasteiger partial charge < -0.3 is 10.1 Å². The van der Waals surface area contributed by atoms with Gasteiger partial charge in [-0.15, -0.1) is 10.2 Å². The van der Waals surface area contributed by atoms with Gasteiger partial charge in [-0.2, -0.15) is 0 Å². The number of carbonyl (C=O) groups is 1. The van der Waals surface area contributed by atoms with Gasteiger partial charge in [-0.3, -0.25) is 0 Å². The van der Waals surface area contributed by atoms with Crippen molar-refractivity contribution in [2.24, 2.45) is 0 Å². The SMILES string of the molecule is CCOC(=O)c1nnc2ccccc2c1NCC(F)F. The van der Waals surface area contributed by atoms with Crippen LogP contribution in [0.4, 0.5) is 14.5 Å². The molecule has 1 aromatic heterocycles. The topological polar surface area (TPSA) is 64.1 Å². The van der Waals surface area contributed by atoms with Crippen molar-refractivity contribution in [3.8, 4) is 0 Å². The van der Waals surface area contributed by atoms with E-state index in [0.717, 1.165) is 0 Å². The molecule has 1 heterocycles. The minimum Gasteiger partial charge on any atom is -0.461 e. The summed E-state index contributed by atoms with van der Waals surface area (Å²) in [6.45, 7) is 1.24. The Labute approximate surface area is 114 Å². The summed E-state index contributed by atoms with van der Waals surface area (Å²) < 4.78 is 29.6. The summed E-state index contributed by atoms with van der Waals surface area (Å²) >= 11 is 0. The molecule has 1 aromatic carbocycles. The second-order valence-corrected chi connectivity index (χ2v) is 3.93. The van der Waals surface area contributed by atoms with Crippen molar-refractivity contribution in [3.63, 3.8) is 0 Å². The lowest BCUT2D eigenvalue weighted by atomic mass is 10.1. The molecule has 5 nitrogen and oxygen atoms in total. The predicted octanol–water partition coefficient (Wildman–Crippen LogP) is 2.48. The number of alkyl halides is 2. The van der Waals surface area contributed by atoms with Crippen molar-refractivity contribution in [1.82, 2.24) is 10.2 Å². The van der Waals surface area contributed by atoms with Crippen LogP contribution < -0.4 is 5.32 Å². The molecule has 0 saturated carbocycles. The fourth-order valence-electron chi connectivity index (χ4n) is 1.75. The molecule has 0 atom stereocenters. The molecule has 0 bridgehead atoms. The number of rotatable bonds is 5. The van der Waals surface area contributed by atoms with Crippen LogP contribution in [0.3, 0.4) is 0 Å². The number of hydrogen-bond donors (Lipinski definition) is 1. The molecule has 0 amide bonds. The van der Waals surface area contributed by atoms with E-state index in [0.29, 0.717) is 10.9 Å². The maximum Gasteiger partial charge on any atom is 0.361 e. The Morgan fingerprint density at radius 2 is 2.10 bits per heavy atom. The summed E-state index contributed by atoms with van der Waals surface area (Å²) in [5.74, 6) is -0.692. The van der Waals surface area contributed by atoms with Gasteiger partial charge >= 0.3 is 5.97 Å². The Kier molecular flexibility index (Phi) is 4.39. The predicted molar refractivity (Wildman–Crippen MR) is 70.0 cm³/mol. The van der Waals surface area contributed by atoms with Crippen LogP contribution in [-0.4, -0.2) is 35.7 Å². The van der Waals surface area contributed by atoms with Crippen LogP contribution >= 0.6 is 0 Å². The molecule has 0 aliphatic heterocycles. The lowest BCUT2D eigenvalue weighted by Crippen LogP contribution is -2.17. The van der Waals surface area contributed by atoms with Crippen molar-refractivity contribution in [2.75, 3.05) is 18.5 Å². The first-order valence-electron chi connectivity index (χ1n) is 6.08. The summed E-state index contributed by atoms with van der Waals surface area (Å²) in [6.07, 6.45) is -2.54. The maximum absolute atomic E-state index is 12.4. The van der Waals surface area contributed by atoms with Gasteiger partial charge in [0.1, 0.15) is 0 Å². The minimum atomic E-state index is -2.54. The lowest BCUT2D eigenvalue weighted by Gasteiger charge is -2.12. The summed E-state index contributed by atoms with van der Waals surface area (Å²) in [7, 11) is 0. The van der Waals surface area contributed by atoms with E-state index < -0.39 is 18.9 Å². The second kappa shape index (κ2) is 6.23. The summed E-state index contributed by atoms with van der Waals surface area (Å²) in [5, 5.41) is 10.8. The van der Waals surface area contributed by atoms with Gasteiger partial charge in [0.15, 0.2) is 5.69 Å². The third kappa shape index (κ3) is 2.98. The Hall–Kier alpha value is -2.31. The number of anilines is 1. The Morgan fingerprint density at radius 3 is 2.80 bits per heavy atom. The molecule has 0 unspecified atom stereocenters. The maximum atomic E-state index is 12.4. The number of ether oxygens (including phenoxy) is 1. The highest BCUT2D eigenvalue weighted by atomic mass is 19.3. The zero-order chi connectivity index (χ0) is 14.5. The van der Waals surface area contributed by atoms with Crippen LogP contribution in [0.2, 0.25) is 0 Å². The van der Waals surface area contributed by atoms with E-state index in [9.17, 15) is 13.6 Å². The highest BCUT2D eigenvalue weighted by molar-refractivity contribution is 6.03. The Morgan fingerprint density at radius 1 is 1.35 bits per heavy atom. The first-order valence-corrected chi connectivity index (χ1v) is 6.08. The molecule has 0 aliphatic carbocycles. The standard InChI is InChI=1S/C13H13F2N3O2/c1-2-20-13(19)12-11(16-7-10(14)15)8-5-3-4-6-9(8)17-18-12/h3-6,10H,2,7H2,1H3,(H,16,17). The third-order valence-corrected chi connectivity index (χ3v) is 2.57. The van der Waals surface area contributed by atoms with Gasteiger partial charge in [0.2, 0.25) is 0 Å². The number of benzene rings is 1. The quantitative estimate of drug-likeness (QED) is 0.853. The molecule has 0 radical (unpaired) electrons. The average molecular weight is 281 g/mol. The molecule has 0 aliphatic rings. The molecule has 2 rings (SSSR count). The van der Waals surface area contributed by atoms with E-state index in [2.05, 4.69) is 15.5 Å². The number of carbonyl (C=O) groups excluding carboxylic acids is 1. The molecule has 0 spiro atoms. The van der Waals surface area contributed by atoms with Crippen molar-refractivity contribution >= 4 is 22.6 Å². The first-order chi connectivity index (χ1) is 9.63. The van der Waals surface area contributed by atoms with Gasteiger partial charge in [-0.25, -0.2) is 13.6 Å². The average Bonchev–Trinajstić information content (AvgIpc) is 2.44. The second-order valence-electron chi connectivity index (χ2n) is 3.93. The van der Waals surface area contributed by atoms with Gasteiger partial charge in [-0.05, 0) is 13.0 Å². The molecular formula is C13H13F2N3O2. The van der Waals surface area contributed by atoms with E-state index in [1.165, 1.54) is 0 Å². The number of fused-ring (bicyclic) bond motifs is 1. The zero-order valence-electron chi connectivity index (χ0n) is 10.8. The smallest absolute Gasteiger partial charge is 0.361 e. The van der Waals surface area contributed by atoms with Crippen LogP contribution in [0.5, 0.6) is 0 Å². The van der Waals surface area contributed by atoms with Crippen LogP contribution in [0.25, 0.3) is 10.9 Å². The van der Waals surface area contributed by atoms with Gasteiger partial charge in [0.25, 0.3) is 6.43 Å². The fourth-order valence-corrected chi connectivity index (χ4v) is 1.75. The van der Waals surface area contributed by atoms with Crippen molar-refractivity contribution in [2.45, 2.75) is 13.3 Å². The fraction of sp³-hybridized carbons (Fsp3) is 0.308. The van der Waals surface area contributed by atoms with Crippen LogP contribution in [-0.2, 0) is 4.74 Å². The van der Waals surface area contributed by atoms with Crippen molar-refractivity contribution in [3.05, 3.63) is 30.0 Å². The number of hydrogen-bond acceptors (Lipinski definition) is 5. The largest absolute Gasteiger partial charge is 0.461 e. The van der Waals surface area contributed by atoms with Crippen molar-refractivity contribution < 1.29 is 18.3 Å². The molecule has 7 heteroatoms. The van der Waals surface area contributed by atoms with Crippen LogP contribution in [0, 0.1) is 0 Å². The van der Waals surface area contributed by atoms with E-state index in [1.54, 1.807) is 31.2 Å². The highest BCUT2D eigenvalue weighted by Crippen LogP contribution is 2.25. The van der Waals surface area contributed by atoms with Gasteiger partial charge in [-0.1, -0.05) is 18.2 Å². The third-order valence-electron chi connectivity index (χ3n) is 2.57. The van der Waals surface area contributed by atoms with E-state index in [-0.39, 0.29) is 18.0 Å². The number of nitrogens with one attached hydrogen (secondary N) is 1. The lowest BCUT2D eigenvalue weighted by molar-refractivity contribution is 0.0519. The zero-order valence-corrected chi connectivity index (χ0v) is 10.8. The first kappa shape index (κ1) is 14.1. The number of halogens is 2. The van der Waals surface area contributed by atoms with Gasteiger partial charge in [0.05, 0.1) is 24.4 Å². The summed E-state index contributed by atoms with van der Waals surface area (Å²) in [4.78, 5) is 11.8. The Bertz CT molecular complexity index is 620. The molecule has 0 saturated heterocycles. The van der Waals surface area contributed by atoms with E-state index in [1.807, 2.05) is 0 Å². The van der Waals surface area contributed by atoms with E-state index >= 15 is 0 Å².